The lowest BCUT2D eigenvalue weighted by atomic mass is 10.0. The summed E-state index contributed by atoms with van der Waals surface area (Å²) >= 11 is 5.91. The molecule has 0 saturated carbocycles. The average Bonchev–Trinajstić information content (AvgIpc) is 2.44. The van der Waals surface area contributed by atoms with E-state index in [1.807, 2.05) is 12.1 Å². The van der Waals surface area contributed by atoms with Gasteiger partial charge in [-0.25, -0.2) is 0 Å². The van der Waals surface area contributed by atoms with Crippen LogP contribution in [0.15, 0.2) is 24.3 Å². The predicted octanol–water partition coefficient (Wildman–Crippen LogP) is 1.59. The summed E-state index contributed by atoms with van der Waals surface area (Å²) < 4.78 is 5.59. The van der Waals surface area contributed by atoms with Crippen LogP contribution in [0.4, 0.5) is 0 Å². The van der Waals surface area contributed by atoms with Gasteiger partial charge in [-0.05, 0) is 24.6 Å². The molecule has 1 aromatic rings. The third-order valence-electron chi connectivity index (χ3n) is 3.54. The van der Waals surface area contributed by atoms with Gasteiger partial charge < -0.3 is 15.0 Å². The van der Waals surface area contributed by atoms with Crippen LogP contribution in [0.25, 0.3) is 0 Å². The molecule has 1 heterocycles. The number of rotatable bonds is 3. The van der Waals surface area contributed by atoms with Crippen molar-refractivity contribution in [1.82, 2.24) is 10.2 Å². The Kier molecular flexibility index (Phi) is 4.85. The molecule has 6 heteroatoms. The van der Waals surface area contributed by atoms with Crippen molar-refractivity contribution >= 4 is 23.4 Å². The normalized spacial score (nSPS) is 22.0. The van der Waals surface area contributed by atoms with Gasteiger partial charge >= 0.3 is 0 Å². The first kappa shape index (κ1) is 15.8. The number of carbonyl (C=O) groups excluding carboxylic acids is 2. The molecule has 0 bridgehead atoms. The fourth-order valence-electron chi connectivity index (χ4n) is 2.29. The van der Waals surface area contributed by atoms with E-state index in [1.165, 1.54) is 6.92 Å². The van der Waals surface area contributed by atoms with E-state index in [9.17, 15) is 9.59 Å². The molecule has 1 aliphatic heterocycles. The molecule has 21 heavy (non-hydrogen) atoms. The van der Waals surface area contributed by atoms with Crippen LogP contribution in [-0.2, 0) is 20.9 Å². The number of benzene rings is 1. The summed E-state index contributed by atoms with van der Waals surface area (Å²) in [5, 5.41) is 3.46. The summed E-state index contributed by atoms with van der Waals surface area (Å²) in [6.45, 7) is 4.72. The molecule has 1 atom stereocenters. The summed E-state index contributed by atoms with van der Waals surface area (Å²) in [7, 11) is 0. The van der Waals surface area contributed by atoms with Crippen LogP contribution in [-0.4, -0.2) is 42.0 Å². The molecule has 114 valence electrons. The van der Waals surface area contributed by atoms with Gasteiger partial charge in [-0.15, -0.1) is 0 Å². The lowest BCUT2D eigenvalue weighted by Crippen LogP contribution is -2.58. The lowest BCUT2D eigenvalue weighted by molar-refractivity contribution is -0.162. The molecule has 0 aliphatic carbocycles. The van der Waals surface area contributed by atoms with E-state index in [0.29, 0.717) is 24.7 Å². The van der Waals surface area contributed by atoms with Gasteiger partial charge in [0.2, 0.25) is 5.91 Å². The van der Waals surface area contributed by atoms with Gasteiger partial charge in [0.15, 0.2) is 5.60 Å². The van der Waals surface area contributed by atoms with Crippen molar-refractivity contribution in [2.75, 3.05) is 19.7 Å². The Hall–Kier alpha value is -1.59. The van der Waals surface area contributed by atoms with Crippen molar-refractivity contribution in [3.05, 3.63) is 34.9 Å². The first-order valence-electron chi connectivity index (χ1n) is 6.83. The quantitative estimate of drug-likeness (QED) is 0.922. The molecule has 0 radical (unpaired) electrons. The lowest BCUT2D eigenvalue weighted by Gasteiger charge is -2.38. The highest BCUT2D eigenvalue weighted by atomic mass is 35.5. The number of nitrogens with one attached hydrogen (secondary N) is 1. The largest absolute Gasteiger partial charge is 0.362 e. The Bertz CT molecular complexity index is 549. The highest BCUT2D eigenvalue weighted by Gasteiger charge is 2.39. The molecule has 2 amide bonds. The maximum atomic E-state index is 12.3. The Morgan fingerprint density at radius 1 is 1.48 bits per heavy atom. The average molecular weight is 311 g/mol. The van der Waals surface area contributed by atoms with Crippen molar-refractivity contribution in [3.63, 3.8) is 0 Å². The predicted molar refractivity (Wildman–Crippen MR) is 79.9 cm³/mol. The molecular formula is C15H19ClN2O3. The van der Waals surface area contributed by atoms with Crippen molar-refractivity contribution < 1.29 is 14.3 Å². The van der Waals surface area contributed by atoms with E-state index in [0.717, 1.165) is 5.56 Å². The number of ether oxygens (including phenoxy) is 1. The summed E-state index contributed by atoms with van der Waals surface area (Å²) in [5.41, 5.74) is -0.0960. The molecule has 0 aromatic heterocycles. The number of morpholine rings is 1. The van der Waals surface area contributed by atoms with Crippen LogP contribution in [0.1, 0.15) is 19.4 Å². The zero-order valence-electron chi connectivity index (χ0n) is 12.2. The molecule has 1 N–H and O–H groups in total. The maximum Gasteiger partial charge on any atom is 0.254 e. The monoisotopic (exact) mass is 310 g/mol. The summed E-state index contributed by atoms with van der Waals surface area (Å²) in [6, 6.07) is 7.30. The molecule has 1 fully saturated rings. The minimum atomic E-state index is -1.01. The van der Waals surface area contributed by atoms with Crippen LogP contribution < -0.4 is 5.32 Å². The molecule has 1 saturated heterocycles. The maximum absolute atomic E-state index is 12.3. The van der Waals surface area contributed by atoms with Crippen molar-refractivity contribution in [2.45, 2.75) is 26.0 Å². The second kappa shape index (κ2) is 6.45. The molecule has 1 aliphatic rings. The van der Waals surface area contributed by atoms with Crippen LogP contribution in [0, 0.1) is 0 Å². The van der Waals surface area contributed by atoms with Crippen molar-refractivity contribution in [1.29, 1.82) is 0 Å². The number of amides is 2. The van der Waals surface area contributed by atoms with E-state index in [4.69, 9.17) is 16.3 Å². The number of hydrogen-bond donors (Lipinski definition) is 1. The molecular weight excluding hydrogens is 292 g/mol. The minimum Gasteiger partial charge on any atom is -0.362 e. The van der Waals surface area contributed by atoms with Crippen LogP contribution in [0.3, 0.4) is 0 Å². The van der Waals surface area contributed by atoms with Gasteiger partial charge in [-0.3, -0.25) is 9.59 Å². The third-order valence-corrected chi connectivity index (χ3v) is 3.78. The fourth-order valence-corrected chi connectivity index (χ4v) is 2.51. The van der Waals surface area contributed by atoms with E-state index in [1.54, 1.807) is 24.0 Å². The van der Waals surface area contributed by atoms with E-state index in [2.05, 4.69) is 5.32 Å². The smallest absolute Gasteiger partial charge is 0.254 e. The Balaban J connectivity index is 1.97. The van der Waals surface area contributed by atoms with Crippen LogP contribution >= 0.6 is 11.6 Å². The Morgan fingerprint density at radius 3 is 2.90 bits per heavy atom. The van der Waals surface area contributed by atoms with Crippen molar-refractivity contribution in [3.8, 4) is 0 Å². The first-order chi connectivity index (χ1) is 9.90. The molecule has 2 rings (SSSR count). The van der Waals surface area contributed by atoms with Gasteiger partial charge in [-0.1, -0.05) is 23.7 Å². The minimum absolute atomic E-state index is 0.0489. The van der Waals surface area contributed by atoms with Gasteiger partial charge in [0.05, 0.1) is 13.2 Å². The molecule has 1 aromatic carbocycles. The number of hydrogen-bond acceptors (Lipinski definition) is 3. The van der Waals surface area contributed by atoms with E-state index >= 15 is 0 Å². The SMILES string of the molecule is CC(=O)N1CCO[C@](C)(C(=O)NCc2cccc(Cl)c2)C1. The van der Waals surface area contributed by atoms with Gasteiger partial charge in [-0.2, -0.15) is 0 Å². The standard InChI is InChI=1S/C15H19ClN2O3/c1-11(19)18-6-7-21-15(2,10-18)14(20)17-9-12-4-3-5-13(16)8-12/h3-5,8H,6-7,9-10H2,1-2H3,(H,17,20)/t15-/m0/s1. The zero-order valence-corrected chi connectivity index (χ0v) is 12.9. The fraction of sp³-hybridized carbons (Fsp3) is 0.467. The second-order valence-electron chi connectivity index (χ2n) is 5.33. The van der Waals surface area contributed by atoms with Crippen molar-refractivity contribution in [2.24, 2.45) is 0 Å². The van der Waals surface area contributed by atoms with Crippen LogP contribution in [0.5, 0.6) is 0 Å². The highest BCUT2D eigenvalue weighted by Crippen LogP contribution is 2.18. The highest BCUT2D eigenvalue weighted by molar-refractivity contribution is 6.30. The second-order valence-corrected chi connectivity index (χ2v) is 5.77. The molecule has 5 nitrogen and oxygen atoms in total. The Labute approximate surface area is 129 Å². The third kappa shape index (κ3) is 3.95. The van der Waals surface area contributed by atoms with Crippen LogP contribution in [0.2, 0.25) is 5.02 Å². The number of nitrogens with zero attached hydrogens (tertiary/aromatic N) is 1. The van der Waals surface area contributed by atoms with Gasteiger partial charge in [0.25, 0.3) is 5.91 Å². The van der Waals surface area contributed by atoms with E-state index in [-0.39, 0.29) is 18.4 Å². The van der Waals surface area contributed by atoms with Gasteiger partial charge in [0.1, 0.15) is 0 Å². The topological polar surface area (TPSA) is 58.6 Å². The number of carbonyl (C=O) groups is 2. The van der Waals surface area contributed by atoms with E-state index < -0.39 is 5.60 Å². The summed E-state index contributed by atoms with van der Waals surface area (Å²) in [6.07, 6.45) is 0. The first-order valence-corrected chi connectivity index (χ1v) is 7.21. The molecule has 0 unspecified atom stereocenters. The summed E-state index contributed by atoms with van der Waals surface area (Å²) in [4.78, 5) is 25.4. The summed E-state index contributed by atoms with van der Waals surface area (Å²) in [5.74, 6) is -0.277. The Morgan fingerprint density at radius 2 is 2.24 bits per heavy atom. The number of halogens is 1. The van der Waals surface area contributed by atoms with Gasteiger partial charge in [0, 0.05) is 25.0 Å². The zero-order chi connectivity index (χ0) is 15.5. The molecule has 0 spiro atoms.